The van der Waals surface area contributed by atoms with Crippen LogP contribution in [0.2, 0.25) is 0 Å². The fourth-order valence-electron chi connectivity index (χ4n) is 1.80. The molecule has 2 aromatic rings. The van der Waals surface area contributed by atoms with Gasteiger partial charge in [0.1, 0.15) is 12.4 Å². The Morgan fingerprint density at radius 3 is 2.76 bits per heavy atom. The van der Waals surface area contributed by atoms with Gasteiger partial charge >= 0.3 is 5.69 Å². The zero-order chi connectivity index (χ0) is 15.6. The summed E-state index contributed by atoms with van der Waals surface area (Å²) in [5.74, 6) is 0.245. The zero-order valence-corrected chi connectivity index (χ0v) is 13.0. The minimum atomic E-state index is -0.578. The van der Waals surface area contributed by atoms with Gasteiger partial charge in [0.05, 0.1) is 10.5 Å². The van der Waals surface area contributed by atoms with Gasteiger partial charge in [0, 0.05) is 30.0 Å². The molecule has 1 aromatic heterocycles. The molecule has 0 saturated heterocycles. The molecule has 0 aliphatic carbocycles. The van der Waals surface area contributed by atoms with Crippen LogP contribution >= 0.6 is 15.9 Å². The van der Waals surface area contributed by atoms with Crippen molar-refractivity contribution in [3.05, 3.63) is 50.5 Å². The van der Waals surface area contributed by atoms with Crippen LogP contribution in [0.15, 0.2) is 29.0 Å². The SMILES string of the molecule is CC(=O)c1cc(Br)cc([N+](=O)[O-])c1OCc1nccn1C. The molecule has 2 rings (SSSR count). The second kappa shape index (κ2) is 6.04. The molecule has 0 fully saturated rings. The minimum Gasteiger partial charge on any atom is -0.478 e. The highest BCUT2D eigenvalue weighted by Gasteiger charge is 2.23. The molecular weight excluding hydrogens is 342 g/mol. The molecule has 0 radical (unpaired) electrons. The maximum Gasteiger partial charge on any atom is 0.312 e. The van der Waals surface area contributed by atoms with Crippen LogP contribution in [0.5, 0.6) is 5.75 Å². The number of ketones is 1. The number of imidazole rings is 1. The van der Waals surface area contributed by atoms with Crippen molar-refractivity contribution in [3.63, 3.8) is 0 Å². The normalized spacial score (nSPS) is 10.4. The van der Waals surface area contributed by atoms with Gasteiger partial charge in [0.25, 0.3) is 0 Å². The van der Waals surface area contributed by atoms with E-state index in [9.17, 15) is 14.9 Å². The third kappa shape index (κ3) is 3.27. The first kappa shape index (κ1) is 15.2. The molecule has 0 amide bonds. The van der Waals surface area contributed by atoms with Gasteiger partial charge in [-0.15, -0.1) is 0 Å². The molecule has 0 bridgehead atoms. The topological polar surface area (TPSA) is 87.3 Å². The molecule has 0 aliphatic rings. The molecule has 0 spiro atoms. The number of rotatable bonds is 5. The van der Waals surface area contributed by atoms with E-state index < -0.39 is 4.92 Å². The number of halogens is 1. The Kier molecular flexibility index (Phi) is 4.37. The van der Waals surface area contributed by atoms with E-state index in [2.05, 4.69) is 20.9 Å². The first-order chi connectivity index (χ1) is 9.90. The third-order valence-electron chi connectivity index (χ3n) is 2.88. The lowest BCUT2D eigenvalue weighted by atomic mass is 10.1. The molecule has 21 heavy (non-hydrogen) atoms. The quantitative estimate of drug-likeness (QED) is 0.468. The van der Waals surface area contributed by atoms with Gasteiger partial charge in [0.2, 0.25) is 5.75 Å². The second-order valence-electron chi connectivity index (χ2n) is 4.36. The number of aromatic nitrogens is 2. The first-order valence-corrected chi connectivity index (χ1v) is 6.77. The summed E-state index contributed by atoms with van der Waals surface area (Å²) in [5, 5.41) is 11.1. The van der Waals surface area contributed by atoms with Gasteiger partial charge < -0.3 is 9.30 Å². The van der Waals surface area contributed by atoms with Crippen LogP contribution in [-0.2, 0) is 13.7 Å². The fourth-order valence-corrected chi connectivity index (χ4v) is 2.25. The summed E-state index contributed by atoms with van der Waals surface area (Å²) in [4.78, 5) is 26.3. The van der Waals surface area contributed by atoms with E-state index >= 15 is 0 Å². The number of carbonyl (C=O) groups excluding carboxylic acids is 1. The minimum absolute atomic E-state index is 0.0340. The Hall–Kier alpha value is -2.22. The van der Waals surface area contributed by atoms with Crippen molar-refractivity contribution in [1.82, 2.24) is 9.55 Å². The highest BCUT2D eigenvalue weighted by molar-refractivity contribution is 9.10. The monoisotopic (exact) mass is 353 g/mol. The first-order valence-electron chi connectivity index (χ1n) is 5.98. The van der Waals surface area contributed by atoms with Crippen LogP contribution in [0.4, 0.5) is 5.69 Å². The van der Waals surface area contributed by atoms with Gasteiger partial charge in [0.15, 0.2) is 5.78 Å². The van der Waals surface area contributed by atoms with Crippen molar-refractivity contribution >= 4 is 27.4 Å². The predicted molar refractivity (Wildman–Crippen MR) is 78.3 cm³/mol. The number of nitro groups is 1. The standard InChI is InChI=1S/C13H12BrN3O4/c1-8(18)10-5-9(14)6-11(17(19)20)13(10)21-7-12-15-3-4-16(12)2/h3-6H,7H2,1-2H3. The van der Waals surface area contributed by atoms with Gasteiger partial charge in [-0.3, -0.25) is 14.9 Å². The Morgan fingerprint density at radius 1 is 1.52 bits per heavy atom. The van der Waals surface area contributed by atoms with E-state index in [1.807, 2.05) is 0 Å². The lowest BCUT2D eigenvalue weighted by molar-refractivity contribution is -0.386. The average Bonchev–Trinajstić information content (AvgIpc) is 2.81. The average molecular weight is 354 g/mol. The molecule has 7 nitrogen and oxygen atoms in total. The number of benzene rings is 1. The number of nitrogens with zero attached hydrogens (tertiary/aromatic N) is 3. The number of hydrogen-bond acceptors (Lipinski definition) is 5. The second-order valence-corrected chi connectivity index (χ2v) is 5.27. The van der Waals surface area contributed by atoms with Crippen LogP contribution in [-0.4, -0.2) is 20.3 Å². The Bertz CT molecular complexity index is 676. The van der Waals surface area contributed by atoms with E-state index in [0.29, 0.717) is 10.3 Å². The van der Waals surface area contributed by atoms with Crippen molar-refractivity contribution in [2.45, 2.75) is 13.5 Å². The van der Waals surface area contributed by atoms with Crippen LogP contribution in [0.25, 0.3) is 0 Å². The largest absolute Gasteiger partial charge is 0.478 e. The van der Waals surface area contributed by atoms with Gasteiger partial charge in [-0.25, -0.2) is 4.98 Å². The van der Waals surface area contributed by atoms with Crippen LogP contribution in [0.1, 0.15) is 23.1 Å². The van der Waals surface area contributed by atoms with Gasteiger partial charge in [-0.1, -0.05) is 15.9 Å². The smallest absolute Gasteiger partial charge is 0.312 e. The lowest BCUT2D eigenvalue weighted by Gasteiger charge is -2.10. The number of hydrogen-bond donors (Lipinski definition) is 0. The number of ether oxygens (including phenoxy) is 1. The number of aryl methyl sites for hydroxylation is 1. The molecule has 0 aliphatic heterocycles. The van der Waals surface area contributed by atoms with Crippen molar-refractivity contribution in [2.75, 3.05) is 0 Å². The maximum atomic E-state index is 11.7. The summed E-state index contributed by atoms with van der Waals surface area (Å²) in [6.45, 7) is 1.37. The maximum absolute atomic E-state index is 11.7. The van der Waals surface area contributed by atoms with E-state index in [0.717, 1.165) is 0 Å². The van der Waals surface area contributed by atoms with Crippen molar-refractivity contribution in [3.8, 4) is 5.75 Å². The molecule has 8 heteroatoms. The van der Waals surface area contributed by atoms with E-state index in [1.165, 1.54) is 19.1 Å². The van der Waals surface area contributed by atoms with Crippen LogP contribution in [0.3, 0.4) is 0 Å². The third-order valence-corrected chi connectivity index (χ3v) is 3.33. The molecule has 0 unspecified atom stereocenters. The Morgan fingerprint density at radius 2 is 2.24 bits per heavy atom. The Balaban J connectivity index is 2.42. The number of Topliss-reactive ketones (excluding diaryl/α,β-unsaturated/α-hetero) is 1. The molecule has 1 heterocycles. The van der Waals surface area contributed by atoms with Crippen molar-refractivity contribution in [2.24, 2.45) is 7.05 Å². The molecule has 0 atom stereocenters. The van der Waals surface area contributed by atoms with E-state index in [1.54, 1.807) is 24.0 Å². The van der Waals surface area contributed by atoms with Gasteiger partial charge in [-0.05, 0) is 13.0 Å². The zero-order valence-electron chi connectivity index (χ0n) is 11.4. The summed E-state index contributed by atoms with van der Waals surface area (Å²) in [5.41, 5.74) is -0.103. The lowest BCUT2D eigenvalue weighted by Crippen LogP contribution is -2.08. The summed E-state index contributed by atoms with van der Waals surface area (Å²) in [6.07, 6.45) is 3.33. The molecule has 0 saturated carbocycles. The summed E-state index contributed by atoms with van der Waals surface area (Å²) in [6, 6.07) is 2.81. The number of nitro benzene ring substituents is 1. The van der Waals surface area contributed by atoms with Crippen LogP contribution in [0, 0.1) is 10.1 Å². The summed E-state index contributed by atoms with van der Waals surface area (Å²) >= 11 is 3.16. The van der Waals surface area contributed by atoms with Crippen molar-refractivity contribution in [1.29, 1.82) is 0 Å². The highest BCUT2D eigenvalue weighted by Crippen LogP contribution is 2.35. The molecule has 1 aromatic carbocycles. The molecular formula is C13H12BrN3O4. The summed E-state index contributed by atoms with van der Waals surface area (Å²) < 4.78 is 7.69. The van der Waals surface area contributed by atoms with E-state index in [4.69, 9.17) is 4.74 Å². The van der Waals surface area contributed by atoms with E-state index in [-0.39, 0.29) is 29.4 Å². The highest BCUT2D eigenvalue weighted by atomic mass is 79.9. The predicted octanol–water partition coefficient (Wildman–Crippen LogP) is 2.87. The van der Waals surface area contributed by atoms with Crippen LogP contribution < -0.4 is 4.74 Å². The van der Waals surface area contributed by atoms with Gasteiger partial charge in [-0.2, -0.15) is 0 Å². The number of carbonyl (C=O) groups is 1. The van der Waals surface area contributed by atoms with Crippen molar-refractivity contribution < 1.29 is 14.5 Å². The summed E-state index contributed by atoms with van der Waals surface area (Å²) in [7, 11) is 1.79. The molecule has 110 valence electrons. The Labute approximate surface area is 128 Å². The fraction of sp³-hybridized carbons (Fsp3) is 0.231. The molecule has 0 N–H and O–H groups in total.